The third-order valence-electron chi connectivity index (χ3n) is 3.91. The van der Waals surface area contributed by atoms with E-state index in [-0.39, 0.29) is 11.4 Å². The lowest BCUT2D eigenvalue weighted by atomic mass is 9.89. The van der Waals surface area contributed by atoms with Crippen molar-refractivity contribution in [1.29, 1.82) is 0 Å². The van der Waals surface area contributed by atoms with Crippen LogP contribution in [0.2, 0.25) is 0 Å². The van der Waals surface area contributed by atoms with Gasteiger partial charge in [0, 0.05) is 5.54 Å². The van der Waals surface area contributed by atoms with Crippen molar-refractivity contribution in [2.24, 2.45) is 5.73 Å². The molecule has 4 heteroatoms. The first-order chi connectivity index (χ1) is 8.69. The summed E-state index contributed by atoms with van der Waals surface area (Å²) in [5.41, 5.74) is 8.12. The van der Waals surface area contributed by atoms with Crippen LogP contribution in [0.3, 0.4) is 0 Å². The zero-order chi connectivity index (χ0) is 12.6. The SMILES string of the molecule is NC1(c2cccc(N3OCCC3=O)c2)CCCC1. The molecule has 2 N–H and O–H groups in total. The molecule has 0 radical (unpaired) electrons. The van der Waals surface area contributed by atoms with Crippen molar-refractivity contribution in [1.82, 2.24) is 0 Å². The minimum absolute atomic E-state index is 0.0182. The molecule has 4 nitrogen and oxygen atoms in total. The molecule has 1 aliphatic carbocycles. The van der Waals surface area contributed by atoms with Gasteiger partial charge in [-0.2, -0.15) is 5.06 Å². The Morgan fingerprint density at radius 3 is 2.72 bits per heavy atom. The molecule has 1 aliphatic heterocycles. The fraction of sp³-hybridized carbons (Fsp3) is 0.500. The number of hydroxylamine groups is 1. The van der Waals surface area contributed by atoms with Gasteiger partial charge in [-0.25, -0.2) is 0 Å². The van der Waals surface area contributed by atoms with Gasteiger partial charge >= 0.3 is 0 Å². The molecule has 2 fully saturated rings. The third-order valence-corrected chi connectivity index (χ3v) is 3.91. The van der Waals surface area contributed by atoms with E-state index < -0.39 is 0 Å². The fourth-order valence-electron chi connectivity index (χ4n) is 2.85. The van der Waals surface area contributed by atoms with E-state index in [1.54, 1.807) is 0 Å². The highest BCUT2D eigenvalue weighted by Crippen LogP contribution is 2.37. The second-order valence-corrected chi connectivity index (χ2v) is 5.18. The first-order valence-electron chi connectivity index (χ1n) is 6.54. The fourth-order valence-corrected chi connectivity index (χ4v) is 2.85. The van der Waals surface area contributed by atoms with Gasteiger partial charge in [0.2, 0.25) is 0 Å². The summed E-state index contributed by atoms with van der Waals surface area (Å²) in [5.74, 6) is 0.0182. The minimum atomic E-state index is -0.223. The molecule has 1 aromatic carbocycles. The number of anilines is 1. The second-order valence-electron chi connectivity index (χ2n) is 5.18. The maximum atomic E-state index is 11.7. The van der Waals surface area contributed by atoms with E-state index in [1.807, 2.05) is 18.2 Å². The molecule has 96 valence electrons. The van der Waals surface area contributed by atoms with Crippen molar-refractivity contribution in [3.63, 3.8) is 0 Å². The Kier molecular flexibility index (Phi) is 2.84. The highest BCUT2D eigenvalue weighted by molar-refractivity contribution is 5.92. The van der Waals surface area contributed by atoms with Crippen molar-refractivity contribution in [3.8, 4) is 0 Å². The average molecular weight is 246 g/mol. The zero-order valence-corrected chi connectivity index (χ0v) is 10.4. The van der Waals surface area contributed by atoms with Gasteiger partial charge < -0.3 is 5.73 Å². The molecule has 1 amide bonds. The molecule has 0 atom stereocenters. The van der Waals surface area contributed by atoms with Crippen LogP contribution < -0.4 is 10.8 Å². The molecule has 1 saturated heterocycles. The van der Waals surface area contributed by atoms with Crippen molar-refractivity contribution in [2.75, 3.05) is 11.7 Å². The van der Waals surface area contributed by atoms with Gasteiger partial charge in [0.1, 0.15) is 0 Å². The lowest BCUT2D eigenvalue weighted by molar-refractivity contribution is -0.119. The Morgan fingerprint density at radius 1 is 1.28 bits per heavy atom. The van der Waals surface area contributed by atoms with E-state index >= 15 is 0 Å². The van der Waals surface area contributed by atoms with E-state index in [0.29, 0.717) is 13.0 Å². The van der Waals surface area contributed by atoms with Crippen LogP contribution in [0.1, 0.15) is 37.7 Å². The number of carbonyl (C=O) groups excluding carboxylic acids is 1. The van der Waals surface area contributed by atoms with Gasteiger partial charge in [0.15, 0.2) is 0 Å². The van der Waals surface area contributed by atoms with Crippen molar-refractivity contribution in [3.05, 3.63) is 29.8 Å². The maximum Gasteiger partial charge on any atom is 0.253 e. The minimum Gasteiger partial charge on any atom is -0.321 e. The molecule has 0 aromatic heterocycles. The summed E-state index contributed by atoms with van der Waals surface area (Å²) in [6.45, 7) is 0.469. The molecule has 1 saturated carbocycles. The highest BCUT2D eigenvalue weighted by Gasteiger charge is 2.32. The van der Waals surface area contributed by atoms with Crippen molar-refractivity contribution in [2.45, 2.75) is 37.6 Å². The topological polar surface area (TPSA) is 55.6 Å². The quantitative estimate of drug-likeness (QED) is 0.869. The van der Waals surface area contributed by atoms with Crippen LogP contribution in [0, 0.1) is 0 Å². The summed E-state index contributed by atoms with van der Waals surface area (Å²) in [7, 11) is 0. The van der Waals surface area contributed by atoms with Gasteiger partial charge in [0.05, 0.1) is 18.7 Å². The van der Waals surface area contributed by atoms with Gasteiger partial charge in [-0.1, -0.05) is 25.0 Å². The van der Waals surface area contributed by atoms with E-state index in [4.69, 9.17) is 10.6 Å². The Labute approximate surface area is 107 Å². The van der Waals surface area contributed by atoms with E-state index in [2.05, 4.69) is 6.07 Å². The largest absolute Gasteiger partial charge is 0.321 e. The smallest absolute Gasteiger partial charge is 0.253 e. The maximum absolute atomic E-state index is 11.7. The van der Waals surface area contributed by atoms with Gasteiger partial charge in [-0.3, -0.25) is 9.63 Å². The van der Waals surface area contributed by atoms with E-state index in [9.17, 15) is 4.79 Å². The van der Waals surface area contributed by atoms with Crippen LogP contribution in [0.5, 0.6) is 0 Å². The number of nitrogens with two attached hydrogens (primary N) is 1. The van der Waals surface area contributed by atoms with Crippen molar-refractivity contribution < 1.29 is 9.63 Å². The highest BCUT2D eigenvalue weighted by atomic mass is 16.7. The Hall–Kier alpha value is -1.39. The Bertz CT molecular complexity index is 467. The summed E-state index contributed by atoms with van der Waals surface area (Å²) in [6, 6.07) is 7.89. The van der Waals surface area contributed by atoms with Crippen LogP contribution in [0.15, 0.2) is 24.3 Å². The Balaban J connectivity index is 1.91. The average Bonchev–Trinajstić information content (AvgIpc) is 2.99. The number of carbonyl (C=O) groups is 1. The number of hydrogen-bond donors (Lipinski definition) is 1. The molecule has 2 aliphatic rings. The van der Waals surface area contributed by atoms with E-state index in [0.717, 1.165) is 24.1 Å². The molecule has 1 aromatic rings. The molecular weight excluding hydrogens is 228 g/mol. The van der Waals surface area contributed by atoms with Crippen LogP contribution in [0.25, 0.3) is 0 Å². The van der Waals surface area contributed by atoms with E-state index in [1.165, 1.54) is 17.9 Å². The van der Waals surface area contributed by atoms with Gasteiger partial charge in [-0.15, -0.1) is 0 Å². The number of benzene rings is 1. The second kappa shape index (κ2) is 4.37. The molecule has 0 spiro atoms. The van der Waals surface area contributed by atoms with Gasteiger partial charge in [0.25, 0.3) is 5.91 Å². The molecule has 3 rings (SSSR count). The molecule has 1 heterocycles. The number of hydrogen-bond acceptors (Lipinski definition) is 3. The monoisotopic (exact) mass is 246 g/mol. The van der Waals surface area contributed by atoms with Crippen molar-refractivity contribution >= 4 is 11.6 Å². The zero-order valence-electron chi connectivity index (χ0n) is 10.4. The predicted octanol–water partition coefficient (Wildman–Crippen LogP) is 2.08. The van der Waals surface area contributed by atoms with Crippen LogP contribution >= 0.6 is 0 Å². The predicted molar refractivity (Wildman–Crippen MR) is 68.8 cm³/mol. The third kappa shape index (κ3) is 1.91. The van der Waals surface area contributed by atoms with Gasteiger partial charge in [-0.05, 0) is 30.5 Å². The van der Waals surface area contributed by atoms with Crippen LogP contribution in [-0.2, 0) is 15.2 Å². The summed E-state index contributed by atoms with van der Waals surface area (Å²) in [5, 5.41) is 1.39. The molecule has 0 unspecified atom stereocenters. The summed E-state index contributed by atoms with van der Waals surface area (Å²) in [6.07, 6.45) is 4.86. The Morgan fingerprint density at radius 2 is 2.06 bits per heavy atom. The molecule has 0 bridgehead atoms. The standard InChI is InChI=1S/C14H18N2O2/c15-14(7-1-2-8-14)11-4-3-5-12(10-11)16-13(17)6-9-18-16/h3-5,10H,1-2,6-9,15H2. The number of amides is 1. The lowest BCUT2D eigenvalue weighted by Gasteiger charge is -2.25. The summed E-state index contributed by atoms with van der Waals surface area (Å²) in [4.78, 5) is 17.0. The molecule has 18 heavy (non-hydrogen) atoms. The number of nitrogens with zero attached hydrogens (tertiary/aromatic N) is 1. The number of rotatable bonds is 2. The first kappa shape index (κ1) is 11.7. The summed E-state index contributed by atoms with van der Waals surface area (Å²) < 4.78 is 0. The van der Waals surface area contributed by atoms with Crippen LogP contribution in [-0.4, -0.2) is 12.5 Å². The first-order valence-corrected chi connectivity index (χ1v) is 6.54. The van der Waals surface area contributed by atoms with Crippen LogP contribution in [0.4, 0.5) is 5.69 Å². The normalized spacial score (nSPS) is 22.7. The molecular formula is C14H18N2O2. The summed E-state index contributed by atoms with van der Waals surface area (Å²) >= 11 is 0. The lowest BCUT2D eigenvalue weighted by Crippen LogP contribution is -2.33.